The van der Waals surface area contributed by atoms with Gasteiger partial charge in [-0.15, -0.1) is 10.2 Å². The van der Waals surface area contributed by atoms with Crippen LogP contribution in [0, 0.1) is 0 Å². The molecule has 1 atom stereocenters. The van der Waals surface area contributed by atoms with Crippen LogP contribution in [0.25, 0.3) is 0 Å². The van der Waals surface area contributed by atoms with Crippen LogP contribution in [-0.2, 0) is 11.3 Å². The van der Waals surface area contributed by atoms with Crippen molar-refractivity contribution in [2.24, 2.45) is 0 Å². The molecule has 0 aliphatic rings. The first-order valence-corrected chi connectivity index (χ1v) is 11.8. The number of halogens is 3. The van der Waals surface area contributed by atoms with Gasteiger partial charge in [-0.05, 0) is 50.2 Å². The average molecular weight is 513 g/mol. The van der Waals surface area contributed by atoms with E-state index in [9.17, 15) is 9.59 Å². The highest BCUT2D eigenvalue weighted by molar-refractivity contribution is 7.99. The van der Waals surface area contributed by atoms with E-state index in [1.54, 1.807) is 43.3 Å². The van der Waals surface area contributed by atoms with Gasteiger partial charge in [-0.1, -0.05) is 52.6 Å². The lowest BCUT2D eigenvalue weighted by atomic mass is 10.2. The highest BCUT2D eigenvalue weighted by atomic mass is 35.5. The van der Waals surface area contributed by atoms with Gasteiger partial charge in [0.2, 0.25) is 5.91 Å². The van der Waals surface area contributed by atoms with Crippen LogP contribution >= 0.6 is 46.6 Å². The van der Waals surface area contributed by atoms with E-state index in [2.05, 4.69) is 20.8 Å². The van der Waals surface area contributed by atoms with Gasteiger partial charge in [-0.3, -0.25) is 9.59 Å². The van der Waals surface area contributed by atoms with Gasteiger partial charge >= 0.3 is 0 Å². The van der Waals surface area contributed by atoms with Crippen molar-refractivity contribution in [1.29, 1.82) is 0 Å². The molecule has 32 heavy (non-hydrogen) atoms. The van der Waals surface area contributed by atoms with E-state index in [4.69, 9.17) is 34.8 Å². The van der Waals surface area contributed by atoms with Crippen molar-refractivity contribution in [2.75, 3.05) is 11.1 Å². The molecule has 1 heterocycles. The summed E-state index contributed by atoms with van der Waals surface area (Å²) in [4.78, 5) is 24.9. The first kappa shape index (κ1) is 24.4. The minimum Gasteiger partial charge on any atom is -0.342 e. The lowest BCUT2D eigenvalue weighted by Crippen LogP contribution is -2.29. The number of rotatable bonds is 8. The predicted molar refractivity (Wildman–Crippen MR) is 129 cm³/mol. The number of thioether (sulfide) groups is 1. The molecule has 2 amide bonds. The number of amides is 2. The second kappa shape index (κ2) is 11.0. The zero-order valence-corrected chi connectivity index (χ0v) is 20.3. The van der Waals surface area contributed by atoms with Gasteiger partial charge in [-0.2, -0.15) is 0 Å². The van der Waals surface area contributed by atoms with Crippen molar-refractivity contribution < 1.29 is 9.59 Å². The normalized spacial score (nSPS) is 11.8. The smallest absolute Gasteiger partial charge is 0.253 e. The lowest BCUT2D eigenvalue weighted by Gasteiger charge is -2.15. The Morgan fingerprint density at radius 1 is 1.09 bits per heavy atom. The van der Waals surface area contributed by atoms with Crippen molar-refractivity contribution in [3.8, 4) is 0 Å². The fraction of sp³-hybridized carbons (Fsp3) is 0.238. The van der Waals surface area contributed by atoms with Gasteiger partial charge in [0.25, 0.3) is 5.91 Å². The van der Waals surface area contributed by atoms with Gasteiger partial charge in [0, 0.05) is 22.3 Å². The Bertz CT molecular complexity index is 1140. The maximum atomic E-state index is 12.6. The Balaban J connectivity index is 1.64. The molecule has 0 aliphatic carbocycles. The second-order valence-corrected chi connectivity index (χ2v) is 8.97. The molecule has 0 radical (unpaired) electrons. The maximum absolute atomic E-state index is 12.6. The molecule has 3 rings (SSSR count). The Morgan fingerprint density at radius 3 is 2.53 bits per heavy atom. The Hall–Kier alpha value is -2.26. The predicted octanol–water partition coefficient (Wildman–Crippen LogP) is 5.48. The molecule has 0 aliphatic heterocycles. The van der Waals surface area contributed by atoms with Crippen LogP contribution in [0.3, 0.4) is 0 Å². The number of anilines is 1. The van der Waals surface area contributed by atoms with Crippen molar-refractivity contribution in [3.63, 3.8) is 0 Å². The summed E-state index contributed by atoms with van der Waals surface area (Å²) < 4.78 is 1.85. The van der Waals surface area contributed by atoms with Crippen molar-refractivity contribution in [1.82, 2.24) is 20.1 Å². The summed E-state index contributed by atoms with van der Waals surface area (Å²) in [5.74, 6) is 0.179. The molecular weight excluding hydrogens is 493 g/mol. The third-order valence-electron chi connectivity index (χ3n) is 4.41. The van der Waals surface area contributed by atoms with Gasteiger partial charge in [-0.25, -0.2) is 0 Å². The van der Waals surface area contributed by atoms with Gasteiger partial charge in [0.15, 0.2) is 11.0 Å². The number of nitrogens with zero attached hydrogens (tertiary/aromatic N) is 3. The van der Waals surface area contributed by atoms with E-state index < -0.39 is 6.04 Å². The van der Waals surface area contributed by atoms with Crippen molar-refractivity contribution in [2.45, 2.75) is 31.6 Å². The molecule has 0 unspecified atom stereocenters. The summed E-state index contributed by atoms with van der Waals surface area (Å²) >= 11 is 19.2. The first-order valence-electron chi connectivity index (χ1n) is 9.65. The molecule has 11 heteroatoms. The van der Waals surface area contributed by atoms with Crippen LogP contribution in [0.5, 0.6) is 0 Å². The average Bonchev–Trinajstić information content (AvgIpc) is 3.15. The Kier molecular flexibility index (Phi) is 8.42. The van der Waals surface area contributed by atoms with E-state index in [-0.39, 0.29) is 22.6 Å². The topological polar surface area (TPSA) is 88.9 Å². The van der Waals surface area contributed by atoms with Gasteiger partial charge in [0.05, 0.1) is 22.4 Å². The molecular formula is C21H20Cl3N5O2S. The highest BCUT2D eigenvalue weighted by Crippen LogP contribution is 2.24. The third-order valence-corrected chi connectivity index (χ3v) is 6.16. The molecule has 0 spiro atoms. The van der Waals surface area contributed by atoms with E-state index in [1.807, 2.05) is 11.5 Å². The largest absolute Gasteiger partial charge is 0.342 e. The lowest BCUT2D eigenvalue weighted by molar-refractivity contribution is -0.113. The molecule has 0 saturated carbocycles. The molecule has 2 N–H and O–H groups in total. The van der Waals surface area contributed by atoms with Crippen LogP contribution in [0.1, 0.15) is 36.1 Å². The number of nitrogens with one attached hydrogen (secondary N) is 2. The Labute approximate surface area is 204 Å². The number of carbonyl (C=O) groups is 2. The Morgan fingerprint density at radius 2 is 1.84 bits per heavy atom. The zero-order valence-electron chi connectivity index (χ0n) is 17.2. The highest BCUT2D eigenvalue weighted by Gasteiger charge is 2.21. The quantitative estimate of drug-likeness (QED) is 0.390. The summed E-state index contributed by atoms with van der Waals surface area (Å²) in [5, 5.41) is 15.9. The fourth-order valence-corrected chi connectivity index (χ4v) is 4.42. The van der Waals surface area contributed by atoms with E-state index >= 15 is 0 Å². The van der Waals surface area contributed by atoms with Crippen LogP contribution < -0.4 is 10.6 Å². The van der Waals surface area contributed by atoms with E-state index in [1.165, 1.54) is 17.8 Å². The van der Waals surface area contributed by atoms with Crippen LogP contribution in [0.2, 0.25) is 15.1 Å². The number of aromatic nitrogens is 3. The second-order valence-electron chi connectivity index (χ2n) is 6.75. The number of hydrogen-bond donors (Lipinski definition) is 2. The van der Waals surface area contributed by atoms with Gasteiger partial charge in [0.1, 0.15) is 0 Å². The monoisotopic (exact) mass is 511 g/mol. The summed E-state index contributed by atoms with van der Waals surface area (Å²) in [5.41, 5.74) is 0.940. The van der Waals surface area contributed by atoms with Crippen molar-refractivity contribution >= 4 is 64.1 Å². The molecule has 1 aromatic heterocycles. The zero-order chi connectivity index (χ0) is 23.3. The minimum atomic E-state index is -0.434. The number of benzene rings is 2. The molecule has 0 bridgehead atoms. The minimum absolute atomic E-state index is 0.145. The SMILES string of the molecule is CCn1c(SCC(=O)Nc2cccc(Cl)c2)nnc1[C@H](C)NC(=O)c1ccc(Cl)cc1Cl. The molecule has 3 aromatic rings. The van der Waals surface area contributed by atoms with Crippen molar-refractivity contribution in [3.05, 3.63) is 68.9 Å². The standard InChI is InChI=1S/C21H20Cl3N5O2S/c1-3-29-19(12(2)25-20(31)16-8-7-14(23)10-17(16)24)27-28-21(29)32-11-18(30)26-15-6-4-5-13(22)9-15/h4-10,12H,3,11H2,1-2H3,(H,25,31)(H,26,30)/t12-/m0/s1. The fourth-order valence-electron chi connectivity index (χ4n) is 2.93. The number of carbonyl (C=O) groups excluding carboxylic acids is 2. The van der Waals surface area contributed by atoms with Crippen LogP contribution in [0.15, 0.2) is 47.6 Å². The molecule has 2 aromatic carbocycles. The molecule has 168 valence electrons. The first-order chi connectivity index (χ1) is 15.3. The maximum Gasteiger partial charge on any atom is 0.253 e. The van der Waals surface area contributed by atoms with Gasteiger partial charge < -0.3 is 15.2 Å². The molecule has 7 nitrogen and oxygen atoms in total. The summed E-state index contributed by atoms with van der Waals surface area (Å²) in [6, 6.07) is 11.2. The molecule has 0 fully saturated rings. The van der Waals surface area contributed by atoms with Crippen LogP contribution in [-0.4, -0.2) is 32.3 Å². The summed E-state index contributed by atoms with van der Waals surface area (Å²) in [7, 11) is 0. The van der Waals surface area contributed by atoms with E-state index in [0.717, 1.165) is 0 Å². The number of hydrogen-bond acceptors (Lipinski definition) is 5. The summed E-state index contributed by atoms with van der Waals surface area (Å²) in [6.45, 7) is 4.31. The summed E-state index contributed by atoms with van der Waals surface area (Å²) in [6.07, 6.45) is 0. The van der Waals surface area contributed by atoms with E-state index in [0.29, 0.717) is 38.8 Å². The van der Waals surface area contributed by atoms with Crippen LogP contribution in [0.4, 0.5) is 5.69 Å². The third kappa shape index (κ3) is 6.16. The molecule has 0 saturated heterocycles.